The molecule has 0 aliphatic heterocycles. The summed E-state index contributed by atoms with van der Waals surface area (Å²) >= 11 is 12.3. The number of rotatable bonds is 10. The van der Waals surface area contributed by atoms with Gasteiger partial charge in [0.1, 0.15) is 12.4 Å². The molecule has 34 heavy (non-hydrogen) atoms. The number of hydrogen-bond donors (Lipinski definition) is 2. The molecule has 0 amide bonds. The molecule has 3 N–H and O–H groups in total. The molecular weight excluding hydrogens is 531 g/mol. The molecule has 0 aromatic heterocycles. The average molecular weight is 566 g/mol. The lowest BCUT2D eigenvalue weighted by atomic mass is 9.76. The molecular formula is C24H35Cl3N2O3SSi. The van der Waals surface area contributed by atoms with Crippen LogP contribution >= 0.6 is 35.6 Å². The molecule has 0 spiro atoms. The Morgan fingerprint density at radius 3 is 2.53 bits per heavy atom. The molecule has 190 valence electrons. The van der Waals surface area contributed by atoms with Gasteiger partial charge in [0.05, 0.1) is 15.8 Å². The maximum absolute atomic E-state index is 12.2. The minimum Gasteiger partial charge on any atom is -0.492 e. The summed E-state index contributed by atoms with van der Waals surface area (Å²) in [5.74, 6) is 1.05. The minimum atomic E-state index is -3.27. The van der Waals surface area contributed by atoms with Gasteiger partial charge >= 0.3 is 0 Å². The highest BCUT2D eigenvalue weighted by atomic mass is 35.5. The molecule has 0 radical (unpaired) electrons. The molecule has 2 aromatic carbocycles. The van der Waals surface area contributed by atoms with Crippen molar-refractivity contribution >= 4 is 53.7 Å². The summed E-state index contributed by atoms with van der Waals surface area (Å²) in [4.78, 5) is 0. The van der Waals surface area contributed by atoms with Crippen molar-refractivity contribution in [3.05, 3.63) is 63.1 Å². The zero-order valence-electron chi connectivity index (χ0n) is 19.9. The number of benzene rings is 2. The quantitative estimate of drug-likeness (QED) is 0.288. The minimum absolute atomic E-state index is 0. The third-order valence-electron chi connectivity index (χ3n) is 6.03. The monoisotopic (exact) mass is 564 g/mol. The maximum Gasteiger partial charge on any atom is 0.211 e. The highest BCUT2D eigenvalue weighted by Gasteiger charge is 2.28. The molecule has 1 aliphatic carbocycles. The van der Waals surface area contributed by atoms with E-state index in [0.29, 0.717) is 10.0 Å². The Kier molecular flexibility index (Phi) is 10.8. The van der Waals surface area contributed by atoms with Gasteiger partial charge in [0.2, 0.25) is 10.0 Å². The molecule has 2 unspecified atom stereocenters. The van der Waals surface area contributed by atoms with Crippen LogP contribution in [-0.2, 0) is 22.9 Å². The number of sulfonamides is 1. The van der Waals surface area contributed by atoms with E-state index in [1.807, 2.05) is 24.3 Å². The lowest BCUT2D eigenvalue weighted by Gasteiger charge is -2.32. The van der Waals surface area contributed by atoms with Crippen molar-refractivity contribution in [2.45, 2.75) is 56.9 Å². The Balaban J connectivity index is 0.00000408. The second-order valence-electron chi connectivity index (χ2n) is 9.99. The van der Waals surface area contributed by atoms with Gasteiger partial charge in [-0.25, -0.2) is 13.1 Å². The topological polar surface area (TPSA) is 81.4 Å². The Morgan fingerprint density at radius 1 is 1.12 bits per heavy atom. The fourth-order valence-corrected chi connectivity index (χ4v) is 8.43. The van der Waals surface area contributed by atoms with E-state index in [2.05, 4.69) is 36.5 Å². The summed E-state index contributed by atoms with van der Waals surface area (Å²) in [5, 5.41) is 1.09. The first kappa shape index (κ1) is 29.4. The average Bonchev–Trinajstić information content (AvgIpc) is 2.74. The van der Waals surface area contributed by atoms with Crippen LogP contribution in [0.1, 0.15) is 29.0 Å². The summed E-state index contributed by atoms with van der Waals surface area (Å²) in [6.45, 7) is 7.03. The van der Waals surface area contributed by atoms with Crippen molar-refractivity contribution in [1.82, 2.24) is 4.72 Å². The number of nitrogens with one attached hydrogen (secondary N) is 1. The third-order valence-corrected chi connectivity index (χ3v) is 10.3. The predicted octanol–water partition coefficient (Wildman–Crippen LogP) is 5.65. The van der Waals surface area contributed by atoms with E-state index in [1.54, 1.807) is 0 Å². The molecule has 1 aliphatic rings. The van der Waals surface area contributed by atoms with Crippen LogP contribution in [0, 0.1) is 0 Å². The zero-order valence-corrected chi connectivity index (χ0v) is 24.1. The molecule has 2 atom stereocenters. The van der Waals surface area contributed by atoms with E-state index in [-0.39, 0.29) is 43.3 Å². The van der Waals surface area contributed by atoms with E-state index in [0.717, 1.165) is 36.6 Å². The molecule has 0 saturated carbocycles. The highest BCUT2D eigenvalue weighted by molar-refractivity contribution is 7.89. The van der Waals surface area contributed by atoms with E-state index in [1.165, 1.54) is 11.1 Å². The molecule has 0 saturated heterocycles. The number of nitrogens with two attached hydrogens (primary N) is 1. The predicted molar refractivity (Wildman–Crippen MR) is 148 cm³/mol. The summed E-state index contributed by atoms with van der Waals surface area (Å²) in [6, 6.07) is 12.6. The Labute approximate surface area is 221 Å². The summed E-state index contributed by atoms with van der Waals surface area (Å²) in [7, 11) is -4.68. The van der Waals surface area contributed by atoms with Crippen LogP contribution in [0.5, 0.6) is 5.75 Å². The van der Waals surface area contributed by atoms with E-state index >= 15 is 0 Å². The lowest BCUT2D eigenvalue weighted by Crippen LogP contribution is -2.34. The number of fused-ring (bicyclic) bond motifs is 1. The van der Waals surface area contributed by atoms with E-state index in [9.17, 15) is 8.42 Å². The number of hydrogen-bond acceptors (Lipinski definition) is 4. The highest BCUT2D eigenvalue weighted by Crippen LogP contribution is 2.36. The van der Waals surface area contributed by atoms with Gasteiger partial charge in [0.15, 0.2) is 0 Å². The first-order valence-corrected chi connectivity index (χ1v) is 17.5. The Morgan fingerprint density at radius 2 is 1.85 bits per heavy atom. The molecule has 10 heteroatoms. The molecule has 3 rings (SSSR count). The van der Waals surface area contributed by atoms with Crippen LogP contribution in [-0.4, -0.2) is 41.4 Å². The van der Waals surface area contributed by atoms with Crippen LogP contribution in [0.15, 0.2) is 36.4 Å². The van der Waals surface area contributed by atoms with Gasteiger partial charge in [-0.2, -0.15) is 0 Å². The van der Waals surface area contributed by atoms with Crippen LogP contribution in [0.4, 0.5) is 0 Å². The zero-order chi connectivity index (χ0) is 24.2. The van der Waals surface area contributed by atoms with Gasteiger partial charge in [-0.1, -0.05) is 55.0 Å². The number of halogens is 3. The van der Waals surface area contributed by atoms with Gasteiger partial charge in [-0.05, 0) is 66.3 Å². The van der Waals surface area contributed by atoms with Crippen molar-refractivity contribution in [2.24, 2.45) is 5.73 Å². The second kappa shape index (κ2) is 12.4. The first-order chi connectivity index (χ1) is 15.4. The normalized spacial score (nSPS) is 18.2. The van der Waals surface area contributed by atoms with Crippen LogP contribution < -0.4 is 15.2 Å². The van der Waals surface area contributed by atoms with Crippen molar-refractivity contribution in [2.75, 3.05) is 18.9 Å². The summed E-state index contributed by atoms with van der Waals surface area (Å²) in [5.41, 5.74) is 10.1. The maximum atomic E-state index is 12.2. The van der Waals surface area contributed by atoms with Crippen molar-refractivity contribution in [1.29, 1.82) is 0 Å². The molecule has 5 nitrogen and oxygen atoms in total. The van der Waals surface area contributed by atoms with Crippen molar-refractivity contribution in [3.8, 4) is 5.75 Å². The molecule has 0 bridgehead atoms. The van der Waals surface area contributed by atoms with Crippen molar-refractivity contribution in [3.63, 3.8) is 0 Å². The molecule has 0 heterocycles. The summed E-state index contributed by atoms with van der Waals surface area (Å²) < 4.78 is 32.9. The van der Waals surface area contributed by atoms with Crippen LogP contribution in [0.3, 0.4) is 0 Å². The smallest absolute Gasteiger partial charge is 0.211 e. The Bertz CT molecular complexity index is 1080. The second-order valence-corrected chi connectivity index (χ2v) is 18.4. The van der Waals surface area contributed by atoms with E-state index < -0.39 is 18.1 Å². The van der Waals surface area contributed by atoms with Gasteiger partial charge in [0.25, 0.3) is 0 Å². The number of aryl methyl sites for hydroxylation is 1. The SMILES string of the molecule is C[Si](C)(C)CCS(=O)(=O)NCCOc1ccc2c(c1)C(Cc1ccc(Cl)c(Cl)c1)C(N)CC2.Cl. The first-order valence-electron chi connectivity index (χ1n) is 11.4. The van der Waals surface area contributed by atoms with E-state index in [4.69, 9.17) is 33.7 Å². The van der Waals surface area contributed by atoms with Gasteiger partial charge in [0, 0.05) is 26.6 Å². The third kappa shape index (κ3) is 8.70. The fraction of sp³-hybridized carbons (Fsp3) is 0.500. The van der Waals surface area contributed by atoms with Gasteiger partial charge in [-0.15, -0.1) is 12.4 Å². The fourth-order valence-electron chi connectivity index (χ4n) is 4.05. The molecule has 0 fully saturated rings. The standard InChI is InChI=1S/C24H34Cl2N2O3SSi.ClH/c1-33(2,3)13-12-32(29,30)28-10-11-31-19-7-5-18-6-9-24(27)21(20(18)16-19)14-17-4-8-22(25)23(26)15-17;/h4-5,7-8,15-16,21,24,28H,6,9-14,27H2,1-3H3;1H. The Hall–Kier alpha value is -0.803. The van der Waals surface area contributed by atoms with Crippen LogP contribution in [0.2, 0.25) is 35.7 Å². The van der Waals surface area contributed by atoms with Gasteiger partial charge < -0.3 is 10.5 Å². The van der Waals surface area contributed by atoms with Gasteiger partial charge in [-0.3, -0.25) is 0 Å². The lowest BCUT2D eigenvalue weighted by molar-refractivity contribution is 0.321. The molecule has 2 aromatic rings. The largest absolute Gasteiger partial charge is 0.492 e. The summed E-state index contributed by atoms with van der Waals surface area (Å²) in [6.07, 6.45) is 2.63. The number of ether oxygens (including phenoxy) is 1. The van der Waals surface area contributed by atoms with Crippen molar-refractivity contribution < 1.29 is 13.2 Å². The van der Waals surface area contributed by atoms with Crippen LogP contribution in [0.25, 0.3) is 0 Å².